The lowest BCUT2D eigenvalue weighted by Crippen LogP contribution is -2.17. The van der Waals surface area contributed by atoms with Crippen molar-refractivity contribution in [3.05, 3.63) is 24.3 Å². The number of nitrogens with zero attached hydrogens (tertiary/aromatic N) is 1. The zero-order valence-electron chi connectivity index (χ0n) is 9.94. The van der Waals surface area contributed by atoms with Crippen LogP contribution in [0.5, 0.6) is 0 Å². The van der Waals surface area contributed by atoms with Gasteiger partial charge in [-0.15, -0.1) is 0 Å². The first kappa shape index (κ1) is 13.0. The molecule has 0 bridgehead atoms. The number of carbonyl (C=O) groups excluding carboxylic acids is 1. The molecular formula is C12H18N4O. The average molecular weight is 234 g/mol. The summed E-state index contributed by atoms with van der Waals surface area (Å²) in [6.45, 7) is 2.06. The van der Waals surface area contributed by atoms with E-state index in [2.05, 4.69) is 17.2 Å². The molecule has 0 unspecified atom stereocenters. The molecule has 0 saturated heterocycles. The Morgan fingerprint density at radius 1 is 1.35 bits per heavy atom. The van der Waals surface area contributed by atoms with E-state index in [1.807, 2.05) is 0 Å². The van der Waals surface area contributed by atoms with Crippen molar-refractivity contribution in [2.45, 2.75) is 26.2 Å². The molecule has 1 aromatic carbocycles. The Bertz CT molecular complexity index is 397. The van der Waals surface area contributed by atoms with E-state index in [1.54, 1.807) is 24.3 Å². The van der Waals surface area contributed by atoms with Crippen LogP contribution >= 0.6 is 0 Å². The number of carbonyl (C=O) groups is 1. The van der Waals surface area contributed by atoms with Crippen molar-refractivity contribution in [2.24, 2.45) is 10.7 Å². The summed E-state index contributed by atoms with van der Waals surface area (Å²) < 4.78 is 0. The molecule has 5 nitrogen and oxygen atoms in total. The molecule has 0 radical (unpaired) electrons. The minimum Gasteiger partial charge on any atom is -0.399 e. The topological polar surface area (TPSA) is 93.5 Å². The van der Waals surface area contributed by atoms with E-state index >= 15 is 0 Å². The molecule has 0 aliphatic carbocycles. The zero-order chi connectivity index (χ0) is 12.7. The number of amides is 2. The van der Waals surface area contributed by atoms with Crippen molar-refractivity contribution in [3.63, 3.8) is 0 Å². The van der Waals surface area contributed by atoms with E-state index in [0.717, 1.165) is 12.8 Å². The molecule has 0 saturated carbocycles. The third-order valence-electron chi connectivity index (χ3n) is 2.19. The van der Waals surface area contributed by atoms with Gasteiger partial charge in [-0.1, -0.05) is 13.3 Å². The number of nitrogens with one attached hydrogen (secondary N) is 1. The van der Waals surface area contributed by atoms with Crippen molar-refractivity contribution in [2.75, 3.05) is 11.1 Å². The summed E-state index contributed by atoms with van der Waals surface area (Å²) in [5.41, 5.74) is 12.4. The normalized spacial score (nSPS) is 11.2. The maximum Gasteiger partial charge on any atom is 0.347 e. The minimum absolute atomic E-state index is 0.361. The Balaban J connectivity index is 2.51. The first-order valence-electron chi connectivity index (χ1n) is 5.61. The second kappa shape index (κ2) is 6.52. The van der Waals surface area contributed by atoms with Crippen LogP contribution in [-0.4, -0.2) is 11.9 Å². The molecule has 0 aromatic heterocycles. The standard InChI is InChI=1S/C12H18N4O/c1-2-3-4-11(14)16-12(17)15-10-7-5-9(13)6-8-10/h5-8H,2-4,13H2,1H3,(H3,14,15,16,17). The quantitative estimate of drug-likeness (QED) is 0.424. The molecule has 2 amide bonds. The molecule has 92 valence electrons. The molecule has 0 atom stereocenters. The van der Waals surface area contributed by atoms with Gasteiger partial charge in [-0.05, 0) is 30.7 Å². The third kappa shape index (κ3) is 5.01. The molecule has 0 fully saturated rings. The van der Waals surface area contributed by atoms with Crippen LogP contribution in [0.25, 0.3) is 0 Å². The highest BCUT2D eigenvalue weighted by atomic mass is 16.2. The molecule has 5 heteroatoms. The number of unbranched alkanes of at least 4 members (excludes halogenated alkanes) is 1. The summed E-state index contributed by atoms with van der Waals surface area (Å²) in [6, 6.07) is 6.39. The summed E-state index contributed by atoms with van der Waals surface area (Å²) in [5.74, 6) is 0.361. The minimum atomic E-state index is -0.455. The van der Waals surface area contributed by atoms with Gasteiger partial charge in [-0.2, -0.15) is 4.99 Å². The summed E-state index contributed by atoms with van der Waals surface area (Å²) in [5, 5.41) is 2.61. The number of amidine groups is 1. The van der Waals surface area contributed by atoms with Crippen LogP contribution in [0.15, 0.2) is 29.3 Å². The van der Waals surface area contributed by atoms with E-state index in [0.29, 0.717) is 23.6 Å². The first-order chi connectivity index (χ1) is 8.11. The summed E-state index contributed by atoms with van der Waals surface area (Å²) in [7, 11) is 0. The fraction of sp³-hybridized carbons (Fsp3) is 0.333. The lowest BCUT2D eigenvalue weighted by molar-refractivity contribution is 0.259. The average Bonchev–Trinajstić information content (AvgIpc) is 2.29. The van der Waals surface area contributed by atoms with Crippen molar-refractivity contribution in [1.29, 1.82) is 0 Å². The lowest BCUT2D eigenvalue weighted by Gasteiger charge is -2.03. The van der Waals surface area contributed by atoms with Gasteiger partial charge in [-0.25, -0.2) is 4.79 Å². The number of urea groups is 1. The number of nitrogens with two attached hydrogens (primary N) is 2. The van der Waals surface area contributed by atoms with Gasteiger partial charge >= 0.3 is 6.03 Å². The van der Waals surface area contributed by atoms with E-state index in [-0.39, 0.29) is 0 Å². The van der Waals surface area contributed by atoms with Crippen LogP contribution < -0.4 is 16.8 Å². The third-order valence-corrected chi connectivity index (χ3v) is 2.19. The van der Waals surface area contributed by atoms with E-state index in [1.165, 1.54) is 0 Å². The molecule has 0 aliphatic heterocycles. The predicted molar refractivity (Wildman–Crippen MR) is 71.0 cm³/mol. The highest BCUT2D eigenvalue weighted by Crippen LogP contribution is 2.10. The van der Waals surface area contributed by atoms with Crippen LogP contribution in [0.3, 0.4) is 0 Å². The van der Waals surface area contributed by atoms with Gasteiger partial charge in [0.1, 0.15) is 5.84 Å². The largest absolute Gasteiger partial charge is 0.399 e. The van der Waals surface area contributed by atoms with Crippen molar-refractivity contribution in [1.82, 2.24) is 0 Å². The van der Waals surface area contributed by atoms with Crippen LogP contribution in [0.4, 0.5) is 16.2 Å². The van der Waals surface area contributed by atoms with Gasteiger partial charge in [0, 0.05) is 17.8 Å². The van der Waals surface area contributed by atoms with Crippen LogP contribution in [-0.2, 0) is 0 Å². The number of benzene rings is 1. The smallest absolute Gasteiger partial charge is 0.347 e. The summed E-state index contributed by atoms with van der Waals surface area (Å²) in [6.07, 6.45) is 2.60. The van der Waals surface area contributed by atoms with Gasteiger partial charge in [0.15, 0.2) is 0 Å². The number of nitrogen functional groups attached to an aromatic ring is 1. The SMILES string of the molecule is CCCCC(N)=NC(=O)Nc1ccc(N)cc1. The summed E-state index contributed by atoms with van der Waals surface area (Å²) >= 11 is 0. The first-order valence-corrected chi connectivity index (χ1v) is 5.61. The van der Waals surface area contributed by atoms with Gasteiger partial charge in [0.25, 0.3) is 0 Å². The Hall–Kier alpha value is -2.04. The molecular weight excluding hydrogens is 216 g/mol. The van der Waals surface area contributed by atoms with Gasteiger partial charge in [0.05, 0.1) is 0 Å². The molecule has 0 heterocycles. The predicted octanol–water partition coefficient (Wildman–Crippen LogP) is 2.35. The number of rotatable bonds is 4. The van der Waals surface area contributed by atoms with Crippen molar-refractivity contribution < 1.29 is 4.79 Å². The van der Waals surface area contributed by atoms with Crippen molar-refractivity contribution in [3.8, 4) is 0 Å². The number of anilines is 2. The van der Waals surface area contributed by atoms with Crippen molar-refractivity contribution >= 4 is 23.2 Å². The number of hydrogen-bond donors (Lipinski definition) is 3. The maximum atomic E-state index is 11.5. The highest BCUT2D eigenvalue weighted by Gasteiger charge is 2.01. The van der Waals surface area contributed by atoms with Gasteiger partial charge in [-0.3, -0.25) is 0 Å². The fourth-order valence-corrected chi connectivity index (χ4v) is 1.26. The van der Waals surface area contributed by atoms with Crippen LogP contribution in [0, 0.1) is 0 Å². The Morgan fingerprint density at radius 3 is 2.59 bits per heavy atom. The zero-order valence-corrected chi connectivity index (χ0v) is 9.94. The van der Waals surface area contributed by atoms with E-state index < -0.39 is 6.03 Å². The van der Waals surface area contributed by atoms with Gasteiger partial charge in [0.2, 0.25) is 0 Å². The highest BCUT2D eigenvalue weighted by molar-refractivity contribution is 5.99. The number of hydrogen-bond acceptors (Lipinski definition) is 2. The molecule has 1 rings (SSSR count). The second-order valence-corrected chi connectivity index (χ2v) is 3.76. The number of aliphatic imine (C=N–C) groups is 1. The van der Waals surface area contributed by atoms with Crippen LogP contribution in [0.2, 0.25) is 0 Å². The molecule has 0 aliphatic rings. The Morgan fingerprint density at radius 2 is 2.00 bits per heavy atom. The Kier molecular flexibility index (Phi) is 5.00. The maximum absolute atomic E-state index is 11.5. The molecule has 17 heavy (non-hydrogen) atoms. The second-order valence-electron chi connectivity index (χ2n) is 3.76. The fourth-order valence-electron chi connectivity index (χ4n) is 1.26. The van der Waals surface area contributed by atoms with E-state index in [9.17, 15) is 4.79 Å². The van der Waals surface area contributed by atoms with Crippen LogP contribution in [0.1, 0.15) is 26.2 Å². The lowest BCUT2D eigenvalue weighted by atomic mass is 10.2. The van der Waals surface area contributed by atoms with E-state index in [4.69, 9.17) is 11.5 Å². The monoisotopic (exact) mass is 234 g/mol. The van der Waals surface area contributed by atoms with Gasteiger partial charge < -0.3 is 16.8 Å². The molecule has 5 N–H and O–H groups in total. The molecule has 1 aromatic rings. The molecule has 0 spiro atoms. The summed E-state index contributed by atoms with van der Waals surface area (Å²) in [4.78, 5) is 15.2. The Labute approximate surface area is 101 Å².